The number of allylic oxidation sites excluding steroid dienone is 4. The van der Waals surface area contributed by atoms with Gasteiger partial charge in [0.05, 0.1) is 6.04 Å². The number of nitrogens with two attached hydrogens (primary N) is 2. The molecule has 32 heavy (non-hydrogen) atoms. The molecule has 0 radical (unpaired) electrons. The first-order valence-corrected chi connectivity index (χ1v) is 12.0. The number of hydrogen-bond donors (Lipinski definition) is 4. The number of nitrogens with one attached hydrogen (secondary N) is 2. The molecule has 8 nitrogen and oxygen atoms in total. The molecule has 0 bridgehead atoms. The van der Waals surface area contributed by atoms with Crippen LogP contribution in [0.3, 0.4) is 0 Å². The summed E-state index contributed by atoms with van der Waals surface area (Å²) in [6.45, 7) is 6.39. The van der Waals surface area contributed by atoms with Gasteiger partial charge < -0.3 is 27.0 Å². The predicted octanol–water partition coefficient (Wildman–Crippen LogP) is 2.00. The van der Waals surface area contributed by atoms with Gasteiger partial charge in [-0.05, 0) is 44.9 Å². The van der Waals surface area contributed by atoms with E-state index in [0.717, 1.165) is 38.5 Å². The third kappa shape index (κ3) is 16.5. The van der Waals surface area contributed by atoms with Crippen LogP contribution in [0.25, 0.3) is 0 Å². The normalized spacial score (nSPS) is 12.2. The molecule has 0 heterocycles. The molecule has 0 aliphatic heterocycles. The van der Waals surface area contributed by atoms with Crippen LogP contribution in [0.2, 0.25) is 0 Å². The quantitative estimate of drug-likeness (QED) is 0.176. The average molecular weight is 452 g/mol. The third-order valence-corrected chi connectivity index (χ3v) is 4.87. The second-order valence-electron chi connectivity index (χ2n) is 7.76. The first-order chi connectivity index (χ1) is 15.5. The molecule has 0 rings (SSSR count). The molecule has 0 aliphatic rings. The summed E-state index contributed by atoms with van der Waals surface area (Å²) in [5, 5.41) is 5.80. The molecule has 184 valence electrons. The number of hydrogen-bond acceptors (Lipinski definition) is 5. The zero-order valence-electron chi connectivity index (χ0n) is 20.1. The fourth-order valence-corrected chi connectivity index (χ4v) is 3.00. The second-order valence-corrected chi connectivity index (χ2v) is 7.76. The van der Waals surface area contributed by atoms with Gasteiger partial charge in [0, 0.05) is 45.6 Å². The third-order valence-electron chi connectivity index (χ3n) is 4.87. The van der Waals surface area contributed by atoms with E-state index in [2.05, 4.69) is 30.6 Å². The van der Waals surface area contributed by atoms with E-state index in [1.54, 1.807) is 4.90 Å². The number of rotatable bonds is 19. The smallest absolute Gasteiger partial charge is 0.240 e. The van der Waals surface area contributed by atoms with Crippen LogP contribution in [-0.4, -0.2) is 61.4 Å². The summed E-state index contributed by atoms with van der Waals surface area (Å²) >= 11 is 0. The van der Waals surface area contributed by atoms with E-state index >= 15 is 0 Å². The van der Waals surface area contributed by atoms with Gasteiger partial charge in [0.15, 0.2) is 0 Å². The Balaban J connectivity index is 4.21. The summed E-state index contributed by atoms with van der Waals surface area (Å²) in [6.07, 6.45) is 14.7. The summed E-state index contributed by atoms with van der Waals surface area (Å²) in [7, 11) is 0. The van der Waals surface area contributed by atoms with Crippen molar-refractivity contribution in [3.8, 4) is 0 Å². The minimum atomic E-state index is -0.717. The van der Waals surface area contributed by atoms with Gasteiger partial charge >= 0.3 is 0 Å². The maximum atomic E-state index is 12.5. The van der Waals surface area contributed by atoms with Crippen molar-refractivity contribution >= 4 is 17.7 Å². The van der Waals surface area contributed by atoms with Crippen LogP contribution in [-0.2, 0) is 14.4 Å². The van der Waals surface area contributed by atoms with Crippen LogP contribution >= 0.6 is 0 Å². The van der Waals surface area contributed by atoms with Gasteiger partial charge in [-0.3, -0.25) is 14.4 Å². The van der Waals surface area contributed by atoms with Gasteiger partial charge in [0.1, 0.15) is 0 Å². The summed E-state index contributed by atoms with van der Waals surface area (Å²) < 4.78 is 0. The first kappa shape index (κ1) is 29.8. The summed E-state index contributed by atoms with van der Waals surface area (Å²) in [5.74, 6) is -0.108. The van der Waals surface area contributed by atoms with Crippen molar-refractivity contribution in [1.82, 2.24) is 15.5 Å². The summed E-state index contributed by atoms with van der Waals surface area (Å²) in [5.41, 5.74) is 11.4. The molecular weight excluding hydrogens is 406 g/mol. The minimum Gasteiger partial charge on any atom is -0.356 e. The lowest BCUT2D eigenvalue weighted by atomic mass is 10.2. The van der Waals surface area contributed by atoms with Crippen LogP contribution in [0.1, 0.15) is 71.6 Å². The zero-order chi connectivity index (χ0) is 24.0. The Hall–Kier alpha value is -2.19. The maximum absolute atomic E-state index is 12.5. The van der Waals surface area contributed by atoms with Crippen molar-refractivity contribution in [1.29, 1.82) is 0 Å². The van der Waals surface area contributed by atoms with Crippen molar-refractivity contribution in [2.24, 2.45) is 11.5 Å². The van der Waals surface area contributed by atoms with Gasteiger partial charge in [-0.2, -0.15) is 0 Å². The Labute approximate surface area is 194 Å². The van der Waals surface area contributed by atoms with E-state index in [-0.39, 0.29) is 24.3 Å². The molecule has 0 unspecified atom stereocenters. The van der Waals surface area contributed by atoms with Crippen molar-refractivity contribution in [3.63, 3.8) is 0 Å². The molecular formula is C24H45N5O3. The predicted molar refractivity (Wildman–Crippen MR) is 131 cm³/mol. The highest BCUT2D eigenvalue weighted by Gasteiger charge is 2.19. The fourth-order valence-electron chi connectivity index (χ4n) is 3.00. The first-order valence-electron chi connectivity index (χ1n) is 12.0. The maximum Gasteiger partial charge on any atom is 0.240 e. The molecule has 3 amide bonds. The average Bonchev–Trinajstić information content (AvgIpc) is 2.79. The minimum absolute atomic E-state index is 0.0169. The van der Waals surface area contributed by atoms with Gasteiger partial charge in [-0.25, -0.2) is 0 Å². The van der Waals surface area contributed by atoms with Crippen LogP contribution in [0.15, 0.2) is 24.3 Å². The van der Waals surface area contributed by atoms with E-state index in [4.69, 9.17) is 11.5 Å². The Morgan fingerprint density at radius 1 is 0.812 bits per heavy atom. The Kier molecular flexibility index (Phi) is 19.3. The number of nitrogens with zero attached hydrogens (tertiary/aromatic N) is 1. The topological polar surface area (TPSA) is 131 Å². The molecule has 0 fully saturated rings. The van der Waals surface area contributed by atoms with E-state index < -0.39 is 6.04 Å². The molecule has 0 aromatic rings. The van der Waals surface area contributed by atoms with Crippen LogP contribution < -0.4 is 22.1 Å². The standard InChI is InChI=1S/C24H45N5O3/c1-3-5-7-9-14-22(30)27-16-11-12-18-29(24(32)21(26)20-25)19-13-17-28-23(31)15-10-8-6-4-2/h5-8,21H,3-4,9-20,25-26H2,1-2H3,(H,27,30)(H,28,31)/b7-5-,8-6-/t21-/m0/s1. The lowest BCUT2D eigenvalue weighted by molar-refractivity contribution is -0.132. The lowest BCUT2D eigenvalue weighted by Crippen LogP contribution is -2.48. The van der Waals surface area contributed by atoms with Crippen molar-refractivity contribution in [2.45, 2.75) is 77.7 Å². The van der Waals surface area contributed by atoms with Crippen LogP contribution in [0.4, 0.5) is 0 Å². The van der Waals surface area contributed by atoms with E-state index in [0.29, 0.717) is 45.4 Å². The summed E-state index contributed by atoms with van der Waals surface area (Å²) in [4.78, 5) is 37.8. The number of amides is 3. The van der Waals surface area contributed by atoms with Gasteiger partial charge in [0.2, 0.25) is 17.7 Å². The molecule has 6 N–H and O–H groups in total. The summed E-state index contributed by atoms with van der Waals surface area (Å²) in [6, 6.07) is -0.717. The van der Waals surface area contributed by atoms with E-state index in [1.807, 2.05) is 18.2 Å². The molecule has 0 saturated carbocycles. The largest absolute Gasteiger partial charge is 0.356 e. The fraction of sp³-hybridized carbons (Fsp3) is 0.708. The number of unbranched alkanes of at least 4 members (excludes halogenated alkanes) is 1. The Morgan fingerprint density at radius 3 is 1.81 bits per heavy atom. The highest BCUT2D eigenvalue weighted by molar-refractivity contribution is 5.82. The zero-order valence-corrected chi connectivity index (χ0v) is 20.1. The van der Waals surface area contributed by atoms with Gasteiger partial charge in [0.25, 0.3) is 0 Å². The number of carbonyl (C=O) groups excluding carboxylic acids is 3. The van der Waals surface area contributed by atoms with Gasteiger partial charge in [-0.1, -0.05) is 38.2 Å². The van der Waals surface area contributed by atoms with Gasteiger partial charge in [-0.15, -0.1) is 0 Å². The molecule has 8 heteroatoms. The number of carbonyl (C=O) groups is 3. The van der Waals surface area contributed by atoms with Crippen molar-refractivity contribution in [3.05, 3.63) is 24.3 Å². The van der Waals surface area contributed by atoms with Crippen LogP contribution in [0, 0.1) is 0 Å². The van der Waals surface area contributed by atoms with Crippen molar-refractivity contribution < 1.29 is 14.4 Å². The highest BCUT2D eigenvalue weighted by atomic mass is 16.2. The highest BCUT2D eigenvalue weighted by Crippen LogP contribution is 2.01. The van der Waals surface area contributed by atoms with Crippen LogP contribution in [0.5, 0.6) is 0 Å². The monoisotopic (exact) mass is 451 g/mol. The second kappa shape index (κ2) is 20.7. The molecule has 0 saturated heterocycles. The molecule has 1 atom stereocenters. The lowest BCUT2D eigenvalue weighted by Gasteiger charge is -2.25. The molecule has 0 spiro atoms. The molecule has 0 aromatic carbocycles. The van der Waals surface area contributed by atoms with Crippen molar-refractivity contribution in [2.75, 3.05) is 32.7 Å². The Morgan fingerprint density at radius 2 is 1.31 bits per heavy atom. The molecule has 0 aromatic heterocycles. The molecule has 0 aliphatic carbocycles. The van der Waals surface area contributed by atoms with E-state index in [1.165, 1.54) is 0 Å². The van der Waals surface area contributed by atoms with E-state index in [9.17, 15) is 14.4 Å². The Bertz CT molecular complexity index is 578. The SMILES string of the molecule is CC/C=C\CCC(=O)NCCCCN(CCCNC(=O)CC/C=C\CC)C(=O)[C@@H](N)CN.